The van der Waals surface area contributed by atoms with E-state index in [2.05, 4.69) is 10.0 Å². The molecule has 0 aliphatic carbocycles. The van der Waals surface area contributed by atoms with Crippen LogP contribution in [-0.2, 0) is 10.0 Å². The number of aryl methyl sites for hydroxylation is 1. The maximum Gasteiger partial charge on any atom is 0.262 e. The molecule has 7 nitrogen and oxygen atoms in total. The number of carboxylic acids is 1. The lowest BCUT2D eigenvalue weighted by molar-refractivity contribution is -0.255. The average Bonchev–Trinajstić information content (AvgIpc) is 2.59. The summed E-state index contributed by atoms with van der Waals surface area (Å²) in [4.78, 5) is 23.0. The van der Waals surface area contributed by atoms with Gasteiger partial charge in [-0.3, -0.25) is 9.52 Å². The van der Waals surface area contributed by atoms with E-state index in [1.54, 1.807) is 19.1 Å². The lowest BCUT2D eigenvalue weighted by Gasteiger charge is -2.15. The fourth-order valence-electron chi connectivity index (χ4n) is 2.32. The number of aromatic carboxylic acids is 1. The standard InChI is InChI=1S/C18H20N2O5S/c1-3-10-19-17(21)14-6-4-5-7-15(14)20-26(24,25)16-11-13(18(22)23)9-8-12(16)2/h4-9,11,20H,3,10H2,1-2H3,(H,19,21)(H,22,23)/p-1. The first-order valence-corrected chi connectivity index (χ1v) is 9.46. The normalized spacial score (nSPS) is 11.0. The molecule has 0 spiro atoms. The van der Waals surface area contributed by atoms with E-state index in [-0.39, 0.29) is 21.7 Å². The van der Waals surface area contributed by atoms with Crippen LogP contribution in [0.15, 0.2) is 47.4 Å². The van der Waals surface area contributed by atoms with Gasteiger partial charge < -0.3 is 15.2 Å². The molecule has 2 aromatic rings. The Hall–Kier alpha value is -2.87. The van der Waals surface area contributed by atoms with Gasteiger partial charge in [-0.05, 0) is 42.7 Å². The van der Waals surface area contributed by atoms with Crippen LogP contribution < -0.4 is 15.1 Å². The highest BCUT2D eigenvalue weighted by Gasteiger charge is 2.20. The molecule has 0 unspecified atom stereocenters. The monoisotopic (exact) mass is 375 g/mol. The fourth-order valence-corrected chi connectivity index (χ4v) is 3.67. The summed E-state index contributed by atoms with van der Waals surface area (Å²) >= 11 is 0. The van der Waals surface area contributed by atoms with E-state index in [0.717, 1.165) is 12.5 Å². The van der Waals surface area contributed by atoms with Gasteiger partial charge >= 0.3 is 0 Å². The Kier molecular flexibility index (Phi) is 5.99. The number of nitrogens with one attached hydrogen (secondary N) is 2. The number of carboxylic acid groups (broad SMARTS) is 1. The van der Waals surface area contributed by atoms with Gasteiger partial charge in [0, 0.05) is 6.54 Å². The summed E-state index contributed by atoms with van der Waals surface area (Å²) in [7, 11) is -4.10. The molecule has 2 N–H and O–H groups in total. The van der Waals surface area contributed by atoms with Crippen LogP contribution in [0.4, 0.5) is 5.69 Å². The molecule has 0 aromatic heterocycles. The van der Waals surface area contributed by atoms with Crippen molar-refractivity contribution in [2.24, 2.45) is 0 Å². The van der Waals surface area contributed by atoms with Crippen LogP contribution in [-0.4, -0.2) is 26.8 Å². The highest BCUT2D eigenvalue weighted by molar-refractivity contribution is 7.92. The number of anilines is 1. The van der Waals surface area contributed by atoms with Crippen LogP contribution in [0.3, 0.4) is 0 Å². The Morgan fingerprint density at radius 2 is 1.81 bits per heavy atom. The third-order valence-corrected chi connectivity index (χ3v) is 5.17. The number of carbonyl (C=O) groups excluding carboxylic acids is 2. The maximum atomic E-state index is 12.7. The molecule has 2 aromatic carbocycles. The number of para-hydroxylation sites is 1. The zero-order valence-corrected chi connectivity index (χ0v) is 15.2. The second-order valence-electron chi connectivity index (χ2n) is 5.67. The fraction of sp³-hybridized carbons (Fsp3) is 0.222. The quantitative estimate of drug-likeness (QED) is 0.757. The third kappa shape index (κ3) is 4.40. The van der Waals surface area contributed by atoms with E-state index in [4.69, 9.17) is 0 Å². The van der Waals surface area contributed by atoms with Crippen molar-refractivity contribution in [1.29, 1.82) is 0 Å². The van der Waals surface area contributed by atoms with Crippen molar-refractivity contribution in [3.05, 3.63) is 59.2 Å². The minimum Gasteiger partial charge on any atom is -0.545 e. The van der Waals surface area contributed by atoms with Gasteiger partial charge in [0.2, 0.25) is 0 Å². The van der Waals surface area contributed by atoms with Crippen LogP contribution >= 0.6 is 0 Å². The van der Waals surface area contributed by atoms with E-state index in [1.165, 1.54) is 24.3 Å². The van der Waals surface area contributed by atoms with Crippen molar-refractivity contribution in [1.82, 2.24) is 5.32 Å². The zero-order valence-electron chi connectivity index (χ0n) is 14.4. The molecular weight excluding hydrogens is 356 g/mol. The summed E-state index contributed by atoms with van der Waals surface area (Å²) in [6, 6.07) is 9.89. The second kappa shape index (κ2) is 8.01. The first-order valence-electron chi connectivity index (χ1n) is 7.98. The van der Waals surface area contributed by atoms with E-state index >= 15 is 0 Å². The molecule has 0 aliphatic heterocycles. The molecule has 0 aliphatic rings. The lowest BCUT2D eigenvalue weighted by Crippen LogP contribution is -2.26. The van der Waals surface area contributed by atoms with Crippen molar-refractivity contribution in [2.45, 2.75) is 25.2 Å². The first kappa shape index (κ1) is 19.5. The molecule has 8 heteroatoms. The predicted octanol–water partition coefficient (Wildman–Crippen LogP) is 1.30. The van der Waals surface area contributed by atoms with Gasteiger partial charge in [-0.2, -0.15) is 0 Å². The minimum atomic E-state index is -4.10. The van der Waals surface area contributed by atoms with Crippen LogP contribution in [0.2, 0.25) is 0 Å². The van der Waals surface area contributed by atoms with Crippen molar-refractivity contribution in [3.8, 4) is 0 Å². The van der Waals surface area contributed by atoms with Crippen LogP contribution in [0.1, 0.15) is 39.6 Å². The Morgan fingerprint density at radius 1 is 1.12 bits per heavy atom. The topological polar surface area (TPSA) is 115 Å². The van der Waals surface area contributed by atoms with Gasteiger partial charge in [0.15, 0.2) is 0 Å². The van der Waals surface area contributed by atoms with Gasteiger partial charge in [-0.1, -0.05) is 31.2 Å². The Morgan fingerprint density at radius 3 is 2.46 bits per heavy atom. The number of sulfonamides is 1. The molecular formula is C18H19N2O5S-. The van der Waals surface area contributed by atoms with Gasteiger partial charge in [0.1, 0.15) is 0 Å². The van der Waals surface area contributed by atoms with E-state index in [9.17, 15) is 23.1 Å². The highest BCUT2D eigenvalue weighted by Crippen LogP contribution is 2.23. The largest absolute Gasteiger partial charge is 0.545 e. The first-order chi connectivity index (χ1) is 12.3. The molecule has 0 fully saturated rings. The molecule has 138 valence electrons. The molecule has 0 atom stereocenters. The molecule has 26 heavy (non-hydrogen) atoms. The number of hydrogen-bond acceptors (Lipinski definition) is 5. The number of benzene rings is 2. The van der Waals surface area contributed by atoms with E-state index < -0.39 is 21.9 Å². The smallest absolute Gasteiger partial charge is 0.262 e. The number of amides is 1. The van der Waals surface area contributed by atoms with E-state index in [0.29, 0.717) is 12.1 Å². The van der Waals surface area contributed by atoms with Gasteiger partial charge in [0.25, 0.3) is 15.9 Å². The van der Waals surface area contributed by atoms with Gasteiger partial charge in [-0.15, -0.1) is 0 Å². The summed E-state index contributed by atoms with van der Waals surface area (Å²) in [6.45, 7) is 3.92. The molecule has 0 saturated carbocycles. The Balaban J connectivity index is 2.41. The van der Waals surface area contributed by atoms with Crippen LogP contribution in [0, 0.1) is 6.92 Å². The molecule has 0 saturated heterocycles. The van der Waals surface area contributed by atoms with E-state index in [1.807, 2.05) is 6.92 Å². The molecule has 0 heterocycles. The lowest BCUT2D eigenvalue weighted by atomic mass is 10.1. The van der Waals surface area contributed by atoms with Crippen molar-refractivity contribution in [3.63, 3.8) is 0 Å². The van der Waals surface area contributed by atoms with Crippen molar-refractivity contribution in [2.75, 3.05) is 11.3 Å². The Labute approximate surface area is 152 Å². The van der Waals surface area contributed by atoms with Crippen molar-refractivity contribution >= 4 is 27.6 Å². The second-order valence-corrected chi connectivity index (χ2v) is 7.33. The number of rotatable bonds is 7. The van der Waals surface area contributed by atoms with Crippen molar-refractivity contribution < 1.29 is 23.1 Å². The summed E-state index contributed by atoms with van der Waals surface area (Å²) in [5.41, 5.74) is 0.415. The summed E-state index contributed by atoms with van der Waals surface area (Å²) in [5, 5.41) is 13.7. The summed E-state index contributed by atoms with van der Waals surface area (Å²) in [6.07, 6.45) is 0.745. The molecule has 2 rings (SSSR count). The summed E-state index contributed by atoms with van der Waals surface area (Å²) in [5.74, 6) is -1.87. The molecule has 0 bridgehead atoms. The van der Waals surface area contributed by atoms with Gasteiger partial charge in [0.05, 0.1) is 22.1 Å². The van der Waals surface area contributed by atoms with Gasteiger partial charge in [-0.25, -0.2) is 8.42 Å². The maximum absolute atomic E-state index is 12.7. The number of carbonyl (C=O) groups is 2. The predicted molar refractivity (Wildman–Crippen MR) is 95.4 cm³/mol. The molecule has 1 amide bonds. The SMILES string of the molecule is CCCNC(=O)c1ccccc1NS(=O)(=O)c1cc(C(=O)[O-])ccc1C. The minimum absolute atomic E-state index is 0.111. The molecule has 0 radical (unpaired) electrons. The third-order valence-electron chi connectivity index (χ3n) is 3.66. The number of hydrogen-bond donors (Lipinski definition) is 2. The highest BCUT2D eigenvalue weighted by atomic mass is 32.2. The van der Waals surface area contributed by atoms with Crippen LogP contribution in [0.5, 0.6) is 0 Å². The van der Waals surface area contributed by atoms with Crippen LogP contribution in [0.25, 0.3) is 0 Å². The summed E-state index contributed by atoms with van der Waals surface area (Å²) < 4.78 is 27.8. The zero-order chi connectivity index (χ0) is 19.3. The Bertz CT molecular complexity index is 938. The average molecular weight is 375 g/mol.